The number of hydrogen-bond donors (Lipinski definition) is 0. The average molecular weight is 321 g/mol. The van der Waals surface area contributed by atoms with E-state index in [1.54, 1.807) is 11.9 Å². The topological polar surface area (TPSA) is 3.24 Å². The van der Waals surface area contributed by atoms with Gasteiger partial charge in [0, 0.05) is 34.8 Å². The molecule has 0 aliphatic carbocycles. The highest BCUT2D eigenvalue weighted by Crippen LogP contribution is 2.23. The average Bonchev–Trinajstić information content (AvgIpc) is 2.22. The summed E-state index contributed by atoms with van der Waals surface area (Å²) in [7, 11) is 0. The molecule has 0 amide bonds. The van der Waals surface area contributed by atoms with Gasteiger partial charge in [0.1, 0.15) is 0 Å². The van der Waals surface area contributed by atoms with Crippen LogP contribution in [0.15, 0.2) is 29.2 Å². The molecule has 0 unspecified atom stereocenters. The fraction of sp³-hybridized carbons (Fsp3) is 0.400. The van der Waals surface area contributed by atoms with Gasteiger partial charge in [-0.25, -0.2) is 4.31 Å². The van der Waals surface area contributed by atoms with Crippen molar-refractivity contribution in [2.45, 2.75) is 4.90 Å². The van der Waals surface area contributed by atoms with Gasteiger partial charge in [-0.1, -0.05) is 11.6 Å². The van der Waals surface area contributed by atoms with Crippen LogP contribution in [0.2, 0.25) is 5.02 Å². The van der Waals surface area contributed by atoms with Crippen LogP contribution in [-0.2, 0) is 0 Å². The van der Waals surface area contributed by atoms with E-state index < -0.39 is 0 Å². The van der Waals surface area contributed by atoms with E-state index in [1.807, 2.05) is 24.3 Å². The Hall–Kier alpha value is 0.690. The molecule has 0 N–H and O–H groups in total. The zero-order valence-corrected chi connectivity index (χ0v) is 12.4. The third-order valence-electron chi connectivity index (χ3n) is 1.72. The summed E-state index contributed by atoms with van der Waals surface area (Å²) in [6.07, 6.45) is 0. The molecule has 16 heavy (non-hydrogen) atoms. The van der Waals surface area contributed by atoms with Crippen molar-refractivity contribution in [3.63, 3.8) is 0 Å². The van der Waals surface area contributed by atoms with Gasteiger partial charge >= 0.3 is 0 Å². The molecular weight excluding hydrogens is 308 g/mol. The van der Waals surface area contributed by atoms with Gasteiger partial charge in [0.05, 0.1) is 0 Å². The Balaban J connectivity index is 0.00000225. The highest BCUT2D eigenvalue weighted by molar-refractivity contribution is 7.97. The van der Waals surface area contributed by atoms with Crippen LogP contribution >= 0.6 is 59.2 Å². The summed E-state index contributed by atoms with van der Waals surface area (Å²) >= 11 is 18.9. The van der Waals surface area contributed by atoms with Gasteiger partial charge in [0.2, 0.25) is 0 Å². The van der Waals surface area contributed by atoms with E-state index in [0.29, 0.717) is 11.8 Å². The molecule has 0 aliphatic rings. The third-order valence-corrected chi connectivity index (χ3v) is 3.41. The van der Waals surface area contributed by atoms with Crippen LogP contribution < -0.4 is 0 Å². The number of alkyl halides is 2. The molecule has 0 radical (unpaired) electrons. The molecule has 0 saturated carbocycles. The van der Waals surface area contributed by atoms with Gasteiger partial charge in [-0.15, -0.1) is 35.6 Å². The van der Waals surface area contributed by atoms with Gasteiger partial charge in [0.25, 0.3) is 0 Å². The smallest absolute Gasteiger partial charge is 0.0406 e. The first-order valence-corrected chi connectivity index (χ1v) is 6.78. The van der Waals surface area contributed by atoms with Crippen LogP contribution in [-0.4, -0.2) is 29.2 Å². The largest absolute Gasteiger partial charge is 0.244 e. The zero-order chi connectivity index (χ0) is 11.1. The van der Waals surface area contributed by atoms with E-state index in [4.69, 9.17) is 34.8 Å². The summed E-state index contributed by atoms with van der Waals surface area (Å²) in [5.74, 6) is 1.22. The second-order valence-electron chi connectivity index (χ2n) is 2.85. The molecule has 1 nitrogen and oxygen atoms in total. The van der Waals surface area contributed by atoms with Crippen molar-refractivity contribution in [2.24, 2.45) is 0 Å². The van der Waals surface area contributed by atoms with Crippen molar-refractivity contribution < 1.29 is 0 Å². The van der Waals surface area contributed by atoms with Crippen LogP contribution in [0, 0.1) is 0 Å². The maximum absolute atomic E-state index is 5.81. The van der Waals surface area contributed by atoms with Crippen molar-refractivity contribution in [1.29, 1.82) is 0 Å². The first-order valence-electron chi connectivity index (χ1n) is 4.56. The lowest BCUT2D eigenvalue weighted by Crippen LogP contribution is -2.20. The summed E-state index contributed by atoms with van der Waals surface area (Å²) in [4.78, 5) is 1.15. The second kappa shape index (κ2) is 9.69. The number of halogens is 4. The Bertz CT molecular complexity index is 275. The summed E-state index contributed by atoms with van der Waals surface area (Å²) < 4.78 is 2.14. The zero-order valence-electron chi connectivity index (χ0n) is 8.54. The SMILES string of the molecule is Cl.ClCCN(CCCl)Sc1ccc(Cl)cc1. The standard InChI is InChI=1S/C10H12Cl3NS.ClH/c11-5-7-14(8-6-12)15-10-3-1-9(13)2-4-10;/h1-4H,5-8H2;1H. The highest BCUT2D eigenvalue weighted by Gasteiger charge is 2.05. The van der Waals surface area contributed by atoms with Crippen LogP contribution in [0.3, 0.4) is 0 Å². The van der Waals surface area contributed by atoms with Gasteiger partial charge in [-0.2, -0.15) is 0 Å². The van der Waals surface area contributed by atoms with E-state index in [9.17, 15) is 0 Å². The van der Waals surface area contributed by atoms with Gasteiger partial charge in [-0.05, 0) is 36.2 Å². The van der Waals surface area contributed by atoms with Crippen molar-refractivity contribution >= 4 is 59.2 Å². The summed E-state index contributed by atoms with van der Waals surface area (Å²) in [5.41, 5.74) is 0. The maximum atomic E-state index is 5.81. The number of rotatable bonds is 6. The minimum absolute atomic E-state index is 0. The van der Waals surface area contributed by atoms with E-state index in [2.05, 4.69) is 4.31 Å². The second-order valence-corrected chi connectivity index (χ2v) is 5.21. The maximum Gasteiger partial charge on any atom is 0.0406 e. The van der Waals surface area contributed by atoms with E-state index >= 15 is 0 Å². The summed E-state index contributed by atoms with van der Waals surface area (Å²) in [5, 5.41) is 0.751. The molecule has 0 aromatic heterocycles. The predicted molar refractivity (Wildman–Crippen MR) is 77.6 cm³/mol. The molecule has 0 fully saturated rings. The normalized spacial score (nSPS) is 10.2. The lowest BCUT2D eigenvalue weighted by atomic mass is 10.4. The van der Waals surface area contributed by atoms with Crippen LogP contribution in [0.1, 0.15) is 0 Å². The number of benzene rings is 1. The van der Waals surface area contributed by atoms with Crippen LogP contribution in [0.5, 0.6) is 0 Å². The minimum atomic E-state index is 0. The van der Waals surface area contributed by atoms with E-state index in [0.717, 1.165) is 23.0 Å². The lowest BCUT2D eigenvalue weighted by Gasteiger charge is -2.18. The molecule has 0 bridgehead atoms. The molecule has 1 aromatic carbocycles. The lowest BCUT2D eigenvalue weighted by molar-refractivity contribution is 0.530. The minimum Gasteiger partial charge on any atom is -0.244 e. The van der Waals surface area contributed by atoms with Crippen molar-refractivity contribution in [3.05, 3.63) is 29.3 Å². The van der Waals surface area contributed by atoms with Crippen LogP contribution in [0.25, 0.3) is 0 Å². The molecule has 0 spiro atoms. The molecule has 0 atom stereocenters. The van der Waals surface area contributed by atoms with Crippen molar-refractivity contribution in [2.75, 3.05) is 24.8 Å². The molecule has 1 rings (SSSR count). The number of hydrogen-bond acceptors (Lipinski definition) is 2. The van der Waals surface area contributed by atoms with Crippen molar-refractivity contribution in [3.8, 4) is 0 Å². The quantitative estimate of drug-likeness (QED) is 0.559. The Labute approximate surface area is 122 Å². The molecule has 1 aromatic rings. The monoisotopic (exact) mass is 319 g/mol. The third kappa shape index (κ3) is 6.43. The fourth-order valence-corrected chi connectivity index (χ4v) is 2.69. The van der Waals surface area contributed by atoms with E-state index in [-0.39, 0.29) is 12.4 Å². The Kier molecular flexibility index (Phi) is 10.1. The van der Waals surface area contributed by atoms with Gasteiger partial charge in [0.15, 0.2) is 0 Å². The van der Waals surface area contributed by atoms with Crippen LogP contribution in [0.4, 0.5) is 0 Å². The fourth-order valence-electron chi connectivity index (χ4n) is 1.04. The molecule has 0 saturated heterocycles. The Morgan fingerprint density at radius 2 is 1.50 bits per heavy atom. The summed E-state index contributed by atoms with van der Waals surface area (Å²) in [6, 6.07) is 7.73. The first-order chi connectivity index (χ1) is 7.26. The van der Waals surface area contributed by atoms with Crippen molar-refractivity contribution in [1.82, 2.24) is 4.31 Å². The molecule has 0 aliphatic heterocycles. The molecule has 92 valence electrons. The Morgan fingerprint density at radius 1 is 1.00 bits per heavy atom. The van der Waals surface area contributed by atoms with Gasteiger partial charge in [-0.3, -0.25) is 0 Å². The predicted octanol–water partition coefficient (Wildman–Crippen LogP) is 4.55. The first kappa shape index (κ1) is 16.7. The highest BCUT2D eigenvalue weighted by atomic mass is 35.5. The van der Waals surface area contributed by atoms with E-state index in [1.165, 1.54) is 0 Å². The molecule has 6 heteroatoms. The van der Waals surface area contributed by atoms with Gasteiger partial charge < -0.3 is 0 Å². The molecular formula is C10H13Cl4NS. The Morgan fingerprint density at radius 3 is 1.94 bits per heavy atom. The number of nitrogens with zero attached hydrogens (tertiary/aromatic N) is 1. The summed E-state index contributed by atoms with van der Waals surface area (Å²) in [6.45, 7) is 1.64. The molecule has 0 heterocycles.